The Kier molecular flexibility index (Phi) is 6.39. The van der Waals surface area contributed by atoms with Crippen LogP contribution in [-0.4, -0.2) is 71.6 Å². The first kappa shape index (κ1) is 18.3. The van der Waals surface area contributed by atoms with Crippen molar-refractivity contribution in [3.63, 3.8) is 0 Å². The van der Waals surface area contributed by atoms with Crippen molar-refractivity contribution >= 4 is 22.5 Å². The Bertz CT molecular complexity index is 600. The van der Waals surface area contributed by atoms with Crippen LogP contribution in [0.1, 0.15) is 31.7 Å². The van der Waals surface area contributed by atoms with E-state index in [1.54, 1.807) is 11.3 Å². The number of unbranched alkanes of at least 4 members (excludes halogenated alkanes) is 1. The first-order valence-electron chi connectivity index (χ1n) is 9.08. The molecule has 0 aliphatic carbocycles. The summed E-state index contributed by atoms with van der Waals surface area (Å²) in [6.45, 7) is 8.62. The van der Waals surface area contributed by atoms with Crippen molar-refractivity contribution in [1.29, 1.82) is 0 Å². The number of urea groups is 1. The van der Waals surface area contributed by atoms with Gasteiger partial charge in [0.1, 0.15) is 11.2 Å². The van der Waals surface area contributed by atoms with Gasteiger partial charge >= 0.3 is 6.03 Å². The topological polar surface area (TPSA) is 61.8 Å². The molecule has 3 rings (SSSR count). The van der Waals surface area contributed by atoms with Crippen LogP contribution in [0.4, 0.5) is 9.93 Å². The van der Waals surface area contributed by atoms with E-state index in [-0.39, 0.29) is 12.2 Å². The van der Waals surface area contributed by atoms with Gasteiger partial charge in [0.25, 0.3) is 0 Å². The maximum absolute atomic E-state index is 12.8. The van der Waals surface area contributed by atoms with Gasteiger partial charge in [0, 0.05) is 26.1 Å². The highest BCUT2D eigenvalue weighted by Crippen LogP contribution is 2.30. The fourth-order valence-electron chi connectivity index (χ4n) is 3.25. The van der Waals surface area contributed by atoms with E-state index in [4.69, 9.17) is 4.74 Å². The number of rotatable bonds is 7. The Labute approximate surface area is 153 Å². The van der Waals surface area contributed by atoms with E-state index in [0.29, 0.717) is 13.1 Å². The van der Waals surface area contributed by atoms with Crippen molar-refractivity contribution in [2.24, 2.45) is 0 Å². The third kappa shape index (κ3) is 4.19. The SMILES string of the molecule is CC=CCCCc1nnc(N2C(=O)N(CC)CC2N2CCOCC2)s1. The number of carbonyl (C=O) groups is 1. The summed E-state index contributed by atoms with van der Waals surface area (Å²) in [7, 11) is 0. The van der Waals surface area contributed by atoms with E-state index >= 15 is 0 Å². The fourth-order valence-corrected chi connectivity index (χ4v) is 4.16. The van der Waals surface area contributed by atoms with Crippen LogP contribution in [0.15, 0.2) is 12.2 Å². The van der Waals surface area contributed by atoms with Crippen molar-refractivity contribution in [1.82, 2.24) is 20.0 Å². The second-order valence-corrected chi connectivity index (χ2v) is 7.30. The summed E-state index contributed by atoms with van der Waals surface area (Å²) < 4.78 is 5.46. The minimum Gasteiger partial charge on any atom is -0.379 e. The zero-order valence-corrected chi connectivity index (χ0v) is 15.9. The second-order valence-electron chi connectivity index (χ2n) is 6.26. The summed E-state index contributed by atoms with van der Waals surface area (Å²) in [5, 5.41) is 10.4. The van der Waals surface area contributed by atoms with Crippen molar-refractivity contribution in [3.8, 4) is 0 Å². The van der Waals surface area contributed by atoms with Crippen LogP contribution in [0.2, 0.25) is 0 Å². The molecule has 1 unspecified atom stereocenters. The van der Waals surface area contributed by atoms with E-state index in [1.165, 1.54) is 0 Å². The molecule has 0 saturated carbocycles. The van der Waals surface area contributed by atoms with E-state index in [2.05, 4.69) is 27.2 Å². The molecule has 0 bridgehead atoms. The lowest BCUT2D eigenvalue weighted by atomic mass is 10.2. The third-order valence-electron chi connectivity index (χ3n) is 4.67. The zero-order valence-electron chi connectivity index (χ0n) is 15.1. The lowest BCUT2D eigenvalue weighted by molar-refractivity contribution is 0.0190. The molecule has 3 heterocycles. The molecule has 1 atom stereocenters. The van der Waals surface area contributed by atoms with Gasteiger partial charge in [0.05, 0.1) is 19.8 Å². The Balaban J connectivity index is 1.72. The summed E-state index contributed by atoms with van der Waals surface area (Å²) in [4.78, 5) is 18.9. The molecule has 2 aliphatic rings. The van der Waals surface area contributed by atoms with Gasteiger partial charge in [-0.3, -0.25) is 4.90 Å². The standard InChI is InChI=1S/C17H27N5O2S/c1-3-5-6-7-8-14-18-19-16(25-14)22-15(13-20(4-2)17(22)23)21-9-11-24-12-10-21/h3,5,15H,4,6-13H2,1-2H3. The molecule has 138 valence electrons. The molecule has 7 nitrogen and oxygen atoms in total. The van der Waals surface area contributed by atoms with E-state index < -0.39 is 0 Å². The van der Waals surface area contributed by atoms with Crippen LogP contribution >= 0.6 is 11.3 Å². The highest BCUT2D eigenvalue weighted by atomic mass is 32.1. The summed E-state index contributed by atoms with van der Waals surface area (Å²) >= 11 is 1.55. The predicted octanol–water partition coefficient (Wildman–Crippen LogP) is 2.36. The van der Waals surface area contributed by atoms with Crippen LogP contribution < -0.4 is 4.90 Å². The summed E-state index contributed by atoms with van der Waals surface area (Å²) in [5.41, 5.74) is 0. The fraction of sp³-hybridized carbons (Fsp3) is 0.706. The monoisotopic (exact) mass is 365 g/mol. The van der Waals surface area contributed by atoms with Gasteiger partial charge in [-0.15, -0.1) is 10.2 Å². The number of aromatic nitrogens is 2. The smallest absolute Gasteiger partial charge is 0.327 e. The van der Waals surface area contributed by atoms with Gasteiger partial charge in [0.15, 0.2) is 0 Å². The summed E-state index contributed by atoms with van der Waals surface area (Å²) in [6.07, 6.45) is 7.28. The quantitative estimate of drug-likeness (QED) is 0.548. The third-order valence-corrected chi connectivity index (χ3v) is 5.65. The summed E-state index contributed by atoms with van der Waals surface area (Å²) in [5.74, 6) is 0. The second kappa shape index (κ2) is 8.73. The summed E-state index contributed by atoms with van der Waals surface area (Å²) in [6, 6.07) is 0.0376. The molecule has 0 radical (unpaired) electrons. The Morgan fingerprint density at radius 1 is 1.32 bits per heavy atom. The predicted molar refractivity (Wildman–Crippen MR) is 99.0 cm³/mol. The van der Waals surface area contributed by atoms with Gasteiger partial charge in [-0.05, 0) is 26.7 Å². The van der Waals surface area contributed by atoms with Gasteiger partial charge in [-0.2, -0.15) is 0 Å². The number of morpholine rings is 1. The number of hydrogen-bond acceptors (Lipinski definition) is 6. The van der Waals surface area contributed by atoms with Crippen molar-refractivity contribution < 1.29 is 9.53 Å². The van der Waals surface area contributed by atoms with Gasteiger partial charge in [-0.25, -0.2) is 9.69 Å². The normalized spacial score (nSPS) is 22.5. The highest BCUT2D eigenvalue weighted by molar-refractivity contribution is 7.15. The number of aryl methyl sites for hydroxylation is 1. The first-order chi connectivity index (χ1) is 12.2. The average molecular weight is 366 g/mol. The van der Waals surface area contributed by atoms with Gasteiger partial charge in [0.2, 0.25) is 5.13 Å². The highest BCUT2D eigenvalue weighted by Gasteiger charge is 2.42. The Morgan fingerprint density at radius 3 is 2.84 bits per heavy atom. The van der Waals surface area contributed by atoms with Gasteiger partial charge < -0.3 is 9.64 Å². The number of carbonyl (C=O) groups excluding carboxylic acids is 1. The maximum Gasteiger partial charge on any atom is 0.327 e. The van der Waals surface area contributed by atoms with E-state index in [1.807, 2.05) is 23.6 Å². The average Bonchev–Trinajstić information content (AvgIpc) is 3.23. The van der Waals surface area contributed by atoms with E-state index in [0.717, 1.165) is 55.7 Å². The number of ether oxygens (including phenoxy) is 1. The number of likely N-dealkylation sites (N-methyl/N-ethyl adjacent to an activating group) is 1. The number of anilines is 1. The molecule has 2 fully saturated rings. The van der Waals surface area contributed by atoms with Crippen LogP contribution in [0.5, 0.6) is 0 Å². The molecular formula is C17H27N5O2S. The molecule has 2 saturated heterocycles. The first-order valence-corrected chi connectivity index (χ1v) is 9.89. The molecule has 2 amide bonds. The molecule has 0 aromatic carbocycles. The van der Waals surface area contributed by atoms with Crippen LogP contribution in [0.25, 0.3) is 0 Å². The number of amides is 2. The lowest BCUT2D eigenvalue weighted by Crippen LogP contribution is -2.51. The van der Waals surface area contributed by atoms with E-state index in [9.17, 15) is 4.79 Å². The van der Waals surface area contributed by atoms with Gasteiger partial charge in [-0.1, -0.05) is 23.5 Å². The van der Waals surface area contributed by atoms with Crippen LogP contribution in [-0.2, 0) is 11.2 Å². The van der Waals surface area contributed by atoms with Crippen molar-refractivity contribution in [3.05, 3.63) is 17.2 Å². The molecule has 0 N–H and O–H groups in total. The van der Waals surface area contributed by atoms with Crippen LogP contribution in [0.3, 0.4) is 0 Å². The zero-order chi connectivity index (χ0) is 17.6. The largest absolute Gasteiger partial charge is 0.379 e. The van der Waals surface area contributed by atoms with Crippen LogP contribution in [0, 0.1) is 0 Å². The minimum atomic E-state index is 0.0279. The molecule has 1 aromatic heterocycles. The molecule has 2 aliphatic heterocycles. The lowest BCUT2D eigenvalue weighted by Gasteiger charge is -2.34. The molecule has 8 heteroatoms. The number of hydrogen-bond donors (Lipinski definition) is 0. The Morgan fingerprint density at radius 2 is 2.12 bits per heavy atom. The molecule has 0 spiro atoms. The number of nitrogens with zero attached hydrogens (tertiary/aromatic N) is 5. The maximum atomic E-state index is 12.8. The van der Waals surface area contributed by atoms with Crippen molar-refractivity contribution in [2.75, 3.05) is 44.3 Å². The minimum absolute atomic E-state index is 0.0279. The Hall–Kier alpha value is -1.51. The molecular weight excluding hydrogens is 338 g/mol. The number of allylic oxidation sites excluding steroid dienone is 2. The van der Waals surface area contributed by atoms with Crippen molar-refractivity contribution in [2.45, 2.75) is 39.3 Å². The molecule has 1 aromatic rings. The molecule has 25 heavy (non-hydrogen) atoms.